The second-order valence-electron chi connectivity index (χ2n) is 4.78. The van der Waals surface area contributed by atoms with Gasteiger partial charge in [0.1, 0.15) is 0 Å². The molecule has 4 nitrogen and oxygen atoms in total. The van der Waals surface area contributed by atoms with Gasteiger partial charge in [0, 0.05) is 23.8 Å². The molecule has 0 spiro atoms. The maximum Gasteiger partial charge on any atom is 0.233 e. The Morgan fingerprint density at radius 1 is 1.14 bits per heavy atom. The van der Waals surface area contributed by atoms with Crippen molar-refractivity contribution in [1.29, 1.82) is 0 Å². The molecule has 0 aliphatic heterocycles. The number of halogens is 1. The Morgan fingerprint density at radius 2 is 1.76 bits per heavy atom. The molecule has 0 amide bonds. The summed E-state index contributed by atoms with van der Waals surface area (Å²) in [5.74, 6) is -1.50. The zero-order valence-electron chi connectivity index (χ0n) is 11.2. The summed E-state index contributed by atoms with van der Waals surface area (Å²) in [6.07, 6.45) is 3.31. The summed E-state index contributed by atoms with van der Waals surface area (Å²) in [5, 5.41) is -2.52. The van der Waals surface area contributed by atoms with Crippen molar-refractivity contribution in [3.8, 4) is 0 Å². The molecular formula is C15H13FO4S. The van der Waals surface area contributed by atoms with Gasteiger partial charge >= 0.3 is 0 Å². The van der Waals surface area contributed by atoms with Crippen LogP contribution in [-0.2, 0) is 14.6 Å². The van der Waals surface area contributed by atoms with Crippen molar-refractivity contribution in [3.05, 3.63) is 59.7 Å². The van der Waals surface area contributed by atoms with Crippen LogP contribution in [0.3, 0.4) is 0 Å². The van der Waals surface area contributed by atoms with Gasteiger partial charge in [-0.15, -0.1) is 0 Å². The van der Waals surface area contributed by atoms with E-state index in [0.717, 1.165) is 24.5 Å². The van der Waals surface area contributed by atoms with Crippen molar-refractivity contribution in [3.63, 3.8) is 0 Å². The number of hydrogen-bond donors (Lipinski definition) is 0. The van der Waals surface area contributed by atoms with E-state index in [-0.39, 0.29) is 11.1 Å². The van der Waals surface area contributed by atoms with E-state index in [1.54, 1.807) is 18.2 Å². The van der Waals surface area contributed by atoms with Gasteiger partial charge in [0.05, 0.1) is 0 Å². The fourth-order valence-corrected chi connectivity index (χ4v) is 2.60. The smallest absolute Gasteiger partial charge is 0.233 e. The Kier molecular flexibility index (Phi) is 3.91. The third-order valence-electron chi connectivity index (χ3n) is 3.23. The molecule has 2 rings (SSSR count). The quantitative estimate of drug-likeness (QED) is 0.630. The van der Waals surface area contributed by atoms with Gasteiger partial charge < -0.3 is 0 Å². The molecule has 6 heteroatoms. The predicted octanol–water partition coefficient (Wildman–Crippen LogP) is 2.04. The summed E-state index contributed by atoms with van der Waals surface area (Å²) in [6, 6.07) is 7.97. The average molecular weight is 308 g/mol. The molecule has 110 valence electrons. The van der Waals surface area contributed by atoms with E-state index in [9.17, 15) is 22.4 Å². The van der Waals surface area contributed by atoms with Crippen molar-refractivity contribution in [2.45, 2.75) is 11.4 Å². The lowest BCUT2D eigenvalue weighted by Crippen LogP contribution is -2.32. The fourth-order valence-electron chi connectivity index (χ4n) is 1.89. The van der Waals surface area contributed by atoms with E-state index in [1.807, 2.05) is 0 Å². The number of hydrogen-bond acceptors (Lipinski definition) is 4. The number of benzene rings is 1. The summed E-state index contributed by atoms with van der Waals surface area (Å²) >= 11 is 0. The second kappa shape index (κ2) is 5.37. The van der Waals surface area contributed by atoms with Crippen LogP contribution in [0.2, 0.25) is 0 Å². The van der Waals surface area contributed by atoms with Crippen molar-refractivity contribution in [2.75, 3.05) is 6.26 Å². The Morgan fingerprint density at radius 3 is 2.24 bits per heavy atom. The van der Waals surface area contributed by atoms with Gasteiger partial charge in [-0.25, -0.2) is 12.8 Å². The molecule has 0 saturated carbocycles. The topological polar surface area (TPSA) is 68.3 Å². The largest absolute Gasteiger partial charge is 0.285 e. The summed E-state index contributed by atoms with van der Waals surface area (Å²) in [4.78, 5) is 24.0. The van der Waals surface area contributed by atoms with Gasteiger partial charge in [-0.05, 0) is 6.08 Å². The molecule has 1 unspecified atom stereocenters. The van der Waals surface area contributed by atoms with Crippen LogP contribution in [0.25, 0.3) is 0 Å². The van der Waals surface area contributed by atoms with Crippen molar-refractivity contribution in [1.82, 2.24) is 0 Å². The third kappa shape index (κ3) is 3.00. The van der Waals surface area contributed by atoms with E-state index >= 15 is 0 Å². The molecule has 0 bridgehead atoms. The van der Waals surface area contributed by atoms with Gasteiger partial charge in [0.15, 0.2) is 9.84 Å². The van der Waals surface area contributed by atoms with Crippen molar-refractivity contribution in [2.24, 2.45) is 0 Å². The molecule has 0 fully saturated rings. The molecule has 0 heterocycles. The molecule has 1 aliphatic carbocycles. The van der Waals surface area contributed by atoms with Crippen LogP contribution in [0.4, 0.5) is 4.39 Å². The second-order valence-corrected chi connectivity index (χ2v) is 7.00. The summed E-state index contributed by atoms with van der Waals surface area (Å²) < 4.78 is 36.8. The minimum Gasteiger partial charge on any atom is -0.285 e. The standard InChI is InChI=1S/C15H13FO4S/c1-21(19,20)15(16)9-7-12(8-10-15)14(18)13(17)11-5-3-2-4-6-11/h2-9H,10H2,1H3. The first-order valence-corrected chi connectivity index (χ1v) is 8.06. The first kappa shape index (κ1) is 15.3. The summed E-state index contributed by atoms with van der Waals surface area (Å²) in [7, 11) is -3.94. The van der Waals surface area contributed by atoms with Crippen LogP contribution in [0.5, 0.6) is 0 Å². The number of Topliss-reactive ketones (excluding diaryl/α,β-unsaturated/α-hetero) is 2. The van der Waals surface area contributed by atoms with E-state index < -0.39 is 32.8 Å². The normalized spacial score (nSPS) is 21.7. The third-order valence-corrected chi connectivity index (χ3v) is 4.77. The zero-order chi connectivity index (χ0) is 15.7. The summed E-state index contributed by atoms with van der Waals surface area (Å²) in [6.45, 7) is 0. The lowest BCUT2D eigenvalue weighted by molar-refractivity contribution is -0.111. The number of carbonyl (C=O) groups excluding carboxylic acids is 2. The predicted molar refractivity (Wildman–Crippen MR) is 76.3 cm³/mol. The Labute approximate surface area is 121 Å². The van der Waals surface area contributed by atoms with Crippen LogP contribution in [0.15, 0.2) is 54.1 Å². The van der Waals surface area contributed by atoms with Gasteiger partial charge in [-0.3, -0.25) is 9.59 Å². The van der Waals surface area contributed by atoms with Gasteiger partial charge in [-0.2, -0.15) is 0 Å². The van der Waals surface area contributed by atoms with Crippen molar-refractivity contribution >= 4 is 21.4 Å². The highest BCUT2D eigenvalue weighted by Gasteiger charge is 2.39. The number of carbonyl (C=O) groups is 2. The highest BCUT2D eigenvalue weighted by atomic mass is 32.2. The number of allylic oxidation sites excluding steroid dienone is 3. The molecule has 0 radical (unpaired) electrons. The minimum atomic E-state index is -3.94. The van der Waals surface area contributed by atoms with Gasteiger partial charge in [-0.1, -0.05) is 42.5 Å². The number of alkyl halides is 1. The van der Waals surface area contributed by atoms with Crippen LogP contribution in [0, 0.1) is 0 Å². The molecule has 21 heavy (non-hydrogen) atoms. The van der Waals surface area contributed by atoms with E-state index in [1.165, 1.54) is 12.1 Å². The Balaban J connectivity index is 2.21. The lowest BCUT2D eigenvalue weighted by Gasteiger charge is -2.21. The number of rotatable bonds is 4. The van der Waals surface area contributed by atoms with E-state index in [0.29, 0.717) is 0 Å². The number of sulfone groups is 1. The molecule has 1 aliphatic rings. The highest BCUT2D eigenvalue weighted by molar-refractivity contribution is 7.92. The zero-order valence-corrected chi connectivity index (χ0v) is 12.1. The van der Waals surface area contributed by atoms with E-state index in [4.69, 9.17) is 0 Å². The maximum atomic E-state index is 14.1. The molecule has 1 aromatic rings. The van der Waals surface area contributed by atoms with Crippen LogP contribution in [0.1, 0.15) is 16.8 Å². The fraction of sp³-hybridized carbons (Fsp3) is 0.200. The number of ketones is 2. The van der Waals surface area contributed by atoms with Crippen LogP contribution in [-0.4, -0.2) is 31.2 Å². The molecule has 1 aromatic carbocycles. The Bertz CT molecular complexity index is 747. The lowest BCUT2D eigenvalue weighted by atomic mass is 9.96. The monoisotopic (exact) mass is 308 g/mol. The van der Waals surface area contributed by atoms with Crippen LogP contribution >= 0.6 is 0 Å². The average Bonchev–Trinajstić information content (AvgIpc) is 2.46. The summed E-state index contributed by atoms with van der Waals surface area (Å²) in [5.41, 5.74) is 0.234. The molecule has 0 aromatic heterocycles. The first-order valence-electron chi connectivity index (χ1n) is 6.16. The minimum absolute atomic E-state index is 0.000720. The van der Waals surface area contributed by atoms with Crippen LogP contribution < -0.4 is 0 Å². The first-order chi connectivity index (χ1) is 9.74. The molecular weight excluding hydrogens is 295 g/mol. The van der Waals surface area contributed by atoms with E-state index in [2.05, 4.69) is 0 Å². The van der Waals surface area contributed by atoms with Crippen molar-refractivity contribution < 1.29 is 22.4 Å². The highest BCUT2D eigenvalue weighted by Crippen LogP contribution is 2.30. The maximum absolute atomic E-state index is 14.1. The Hall–Kier alpha value is -2.08. The van der Waals surface area contributed by atoms with Gasteiger partial charge in [0.25, 0.3) is 0 Å². The molecule has 0 N–H and O–H groups in total. The molecule has 1 atom stereocenters. The molecule has 0 saturated heterocycles. The van der Waals surface area contributed by atoms with Gasteiger partial charge in [0.2, 0.25) is 16.6 Å². The SMILES string of the molecule is CS(=O)(=O)C1(F)C=CC(C(=O)C(=O)c2ccccc2)=CC1.